The zero-order valence-electron chi connectivity index (χ0n) is 20.4. The molecule has 1 heterocycles. The summed E-state index contributed by atoms with van der Waals surface area (Å²) in [6, 6.07) is 17.2. The SMILES string of the molecule is CCN(CC)c1cc2c(cc1F)c(=O)c(S(=O)(=O)c1ccc(C)c(C)c1)cn2Cc1ccccc1. The number of hydrogen-bond donors (Lipinski definition) is 0. The first-order chi connectivity index (χ1) is 16.7. The molecule has 0 aliphatic heterocycles. The zero-order chi connectivity index (χ0) is 25.3. The lowest BCUT2D eigenvalue weighted by Gasteiger charge is -2.23. The highest BCUT2D eigenvalue weighted by molar-refractivity contribution is 7.91. The van der Waals surface area contributed by atoms with Crippen molar-refractivity contribution in [2.75, 3.05) is 18.0 Å². The average molecular weight is 493 g/mol. The van der Waals surface area contributed by atoms with Crippen LogP contribution in [0.5, 0.6) is 0 Å². The maximum Gasteiger partial charge on any atom is 0.211 e. The number of benzene rings is 3. The molecule has 0 spiro atoms. The number of sulfone groups is 1. The third kappa shape index (κ3) is 4.60. The van der Waals surface area contributed by atoms with E-state index in [1.165, 1.54) is 18.3 Å². The molecule has 4 aromatic rings. The van der Waals surface area contributed by atoms with Crippen LogP contribution in [0.25, 0.3) is 10.9 Å². The van der Waals surface area contributed by atoms with Gasteiger partial charge in [0.1, 0.15) is 10.7 Å². The number of fused-ring (bicyclic) bond motifs is 1. The molecule has 4 rings (SSSR count). The summed E-state index contributed by atoms with van der Waals surface area (Å²) in [4.78, 5) is 15.1. The van der Waals surface area contributed by atoms with Crippen LogP contribution < -0.4 is 10.3 Å². The van der Waals surface area contributed by atoms with Gasteiger partial charge in [-0.05, 0) is 68.7 Å². The Morgan fingerprint density at radius 3 is 2.23 bits per heavy atom. The van der Waals surface area contributed by atoms with Gasteiger partial charge in [0.15, 0.2) is 0 Å². The topological polar surface area (TPSA) is 59.4 Å². The predicted octanol–water partition coefficient (Wildman–Crippen LogP) is 5.48. The van der Waals surface area contributed by atoms with Crippen LogP contribution in [-0.2, 0) is 16.4 Å². The molecule has 182 valence electrons. The lowest BCUT2D eigenvalue weighted by atomic mass is 10.1. The quantitative estimate of drug-likeness (QED) is 0.343. The molecule has 5 nitrogen and oxygen atoms in total. The van der Waals surface area contributed by atoms with Gasteiger partial charge in [0.2, 0.25) is 15.3 Å². The molecule has 35 heavy (non-hydrogen) atoms. The Labute approximate surface area is 205 Å². The lowest BCUT2D eigenvalue weighted by molar-refractivity contribution is 0.593. The van der Waals surface area contributed by atoms with Gasteiger partial charge in [-0.3, -0.25) is 4.79 Å². The molecule has 0 aliphatic rings. The molecule has 0 saturated carbocycles. The minimum absolute atomic E-state index is 0.0410. The number of aromatic nitrogens is 1. The van der Waals surface area contributed by atoms with E-state index in [9.17, 15) is 13.2 Å². The van der Waals surface area contributed by atoms with Gasteiger partial charge in [-0.25, -0.2) is 12.8 Å². The summed E-state index contributed by atoms with van der Waals surface area (Å²) < 4.78 is 44.1. The highest BCUT2D eigenvalue weighted by Crippen LogP contribution is 2.28. The molecule has 0 fully saturated rings. The molecular formula is C28H29FN2O3S. The highest BCUT2D eigenvalue weighted by Gasteiger charge is 2.25. The number of hydrogen-bond acceptors (Lipinski definition) is 4. The Morgan fingerprint density at radius 2 is 1.60 bits per heavy atom. The van der Waals surface area contributed by atoms with Crippen molar-refractivity contribution in [2.45, 2.75) is 44.0 Å². The van der Waals surface area contributed by atoms with Crippen molar-refractivity contribution in [3.8, 4) is 0 Å². The van der Waals surface area contributed by atoms with Gasteiger partial charge in [0.25, 0.3) is 0 Å². The predicted molar refractivity (Wildman–Crippen MR) is 139 cm³/mol. The van der Waals surface area contributed by atoms with E-state index in [-0.39, 0.29) is 15.2 Å². The second-order valence-electron chi connectivity index (χ2n) is 8.68. The van der Waals surface area contributed by atoms with Crippen LogP contribution >= 0.6 is 0 Å². The molecule has 1 aromatic heterocycles. The van der Waals surface area contributed by atoms with Crippen molar-refractivity contribution in [1.29, 1.82) is 0 Å². The fraction of sp³-hybridized carbons (Fsp3) is 0.250. The fourth-order valence-corrected chi connectivity index (χ4v) is 5.74. The number of rotatable bonds is 7. The fourth-order valence-electron chi connectivity index (χ4n) is 4.29. The normalized spacial score (nSPS) is 11.7. The van der Waals surface area contributed by atoms with Gasteiger partial charge in [-0.2, -0.15) is 0 Å². The Bertz CT molecular complexity index is 1560. The summed E-state index contributed by atoms with van der Waals surface area (Å²) in [6.07, 6.45) is 1.39. The van der Waals surface area contributed by atoms with Crippen molar-refractivity contribution in [1.82, 2.24) is 4.57 Å². The van der Waals surface area contributed by atoms with Crippen LogP contribution in [-0.4, -0.2) is 26.1 Å². The highest BCUT2D eigenvalue weighted by atomic mass is 32.2. The summed E-state index contributed by atoms with van der Waals surface area (Å²) >= 11 is 0. The average Bonchev–Trinajstić information content (AvgIpc) is 2.84. The first-order valence-electron chi connectivity index (χ1n) is 11.6. The van der Waals surface area contributed by atoms with Gasteiger partial charge < -0.3 is 9.47 Å². The van der Waals surface area contributed by atoms with E-state index in [0.717, 1.165) is 16.7 Å². The van der Waals surface area contributed by atoms with E-state index >= 15 is 4.39 Å². The van der Waals surface area contributed by atoms with E-state index in [2.05, 4.69) is 0 Å². The number of anilines is 1. The molecule has 7 heteroatoms. The van der Waals surface area contributed by atoms with Crippen molar-refractivity contribution < 1.29 is 12.8 Å². The lowest BCUT2D eigenvalue weighted by Crippen LogP contribution is -2.24. The number of aryl methyl sites for hydroxylation is 2. The van der Waals surface area contributed by atoms with Gasteiger partial charge in [-0.1, -0.05) is 36.4 Å². The molecule has 0 radical (unpaired) electrons. The van der Waals surface area contributed by atoms with Crippen molar-refractivity contribution in [3.63, 3.8) is 0 Å². The minimum atomic E-state index is -4.13. The largest absolute Gasteiger partial charge is 0.370 e. The molecule has 0 atom stereocenters. The second-order valence-corrected chi connectivity index (χ2v) is 10.6. The molecular weight excluding hydrogens is 463 g/mol. The summed E-state index contributed by atoms with van der Waals surface area (Å²) in [5.41, 5.74) is 2.87. The van der Waals surface area contributed by atoms with Crippen LogP contribution in [0.2, 0.25) is 0 Å². The van der Waals surface area contributed by atoms with Crippen LogP contribution in [0.15, 0.2) is 81.4 Å². The van der Waals surface area contributed by atoms with Gasteiger partial charge in [0.05, 0.1) is 21.5 Å². The monoisotopic (exact) mass is 492 g/mol. The van der Waals surface area contributed by atoms with E-state index in [0.29, 0.717) is 30.8 Å². The smallest absolute Gasteiger partial charge is 0.211 e. The number of pyridine rings is 1. The van der Waals surface area contributed by atoms with Crippen LogP contribution in [0.4, 0.5) is 10.1 Å². The summed E-state index contributed by atoms with van der Waals surface area (Å²) in [5.74, 6) is -0.551. The molecule has 0 bridgehead atoms. The summed E-state index contributed by atoms with van der Waals surface area (Å²) in [7, 11) is -4.13. The number of halogens is 1. The van der Waals surface area contributed by atoms with Crippen LogP contribution in [0, 0.1) is 19.7 Å². The zero-order valence-corrected chi connectivity index (χ0v) is 21.2. The van der Waals surface area contributed by atoms with Gasteiger partial charge in [-0.15, -0.1) is 0 Å². The van der Waals surface area contributed by atoms with Crippen molar-refractivity contribution >= 4 is 26.4 Å². The third-order valence-electron chi connectivity index (χ3n) is 6.49. The molecule has 0 unspecified atom stereocenters. The summed E-state index contributed by atoms with van der Waals surface area (Å²) in [6.45, 7) is 9.11. The summed E-state index contributed by atoms with van der Waals surface area (Å²) in [5, 5.41) is 0.0410. The van der Waals surface area contributed by atoms with E-state index in [1.807, 2.05) is 62.9 Å². The Balaban J connectivity index is 2.02. The van der Waals surface area contributed by atoms with Crippen molar-refractivity contribution in [2.24, 2.45) is 0 Å². The van der Waals surface area contributed by atoms with E-state index in [1.54, 1.807) is 22.8 Å². The standard InChI is InChI=1S/C28H29FN2O3S/c1-5-30(6-2)26-16-25-23(15-24(26)29)28(32)27(18-31(25)17-21-10-8-7-9-11-21)35(33,34)22-13-12-19(3)20(4)14-22/h7-16,18H,5-6,17H2,1-4H3. The van der Waals surface area contributed by atoms with Crippen LogP contribution in [0.3, 0.4) is 0 Å². The Kier molecular flexibility index (Phi) is 6.81. The third-order valence-corrected chi connectivity index (χ3v) is 8.24. The number of nitrogens with zero attached hydrogens (tertiary/aromatic N) is 2. The first-order valence-corrected chi connectivity index (χ1v) is 13.1. The van der Waals surface area contributed by atoms with E-state index < -0.39 is 21.1 Å². The molecule has 0 amide bonds. The van der Waals surface area contributed by atoms with Gasteiger partial charge in [0, 0.05) is 25.8 Å². The Hall–Kier alpha value is -3.45. The molecule has 3 aromatic carbocycles. The molecule has 0 N–H and O–H groups in total. The maximum atomic E-state index is 15.2. The molecule has 0 saturated heterocycles. The molecule has 0 aliphatic carbocycles. The van der Waals surface area contributed by atoms with Crippen LogP contribution in [0.1, 0.15) is 30.5 Å². The minimum Gasteiger partial charge on any atom is -0.370 e. The second kappa shape index (κ2) is 9.66. The van der Waals surface area contributed by atoms with Crippen molar-refractivity contribution in [3.05, 3.63) is 99.6 Å². The Morgan fingerprint density at radius 1 is 0.914 bits per heavy atom. The van der Waals surface area contributed by atoms with E-state index in [4.69, 9.17) is 0 Å². The first kappa shape index (κ1) is 24.7. The maximum absolute atomic E-state index is 15.2. The van der Waals surface area contributed by atoms with Gasteiger partial charge >= 0.3 is 0 Å².